The molecule has 2 aliphatic rings. The minimum atomic E-state index is -1.44. The lowest BCUT2D eigenvalue weighted by molar-refractivity contribution is -0.148. The molecule has 11 nitrogen and oxygen atoms in total. The lowest BCUT2D eigenvalue weighted by Gasteiger charge is -2.35. The highest BCUT2D eigenvalue weighted by Gasteiger charge is 2.34. The Labute approximate surface area is 221 Å². The van der Waals surface area contributed by atoms with Crippen molar-refractivity contribution in [2.45, 2.75) is 46.3 Å². The number of aromatic amines is 1. The second kappa shape index (κ2) is 11.7. The van der Waals surface area contributed by atoms with Crippen molar-refractivity contribution in [2.75, 3.05) is 43.1 Å². The number of hydrogen-bond acceptors (Lipinski definition) is 9. The molecular weight excluding hydrogens is 486 g/mol. The maximum atomic E-state index is 12.8. The van der Waals surface area contributed by atoms with Crippen molar-refractivity contribution in [3.05, 3.63) is 58.1 Å². The van der Waals surface area contributed by atoms with Crippen LogP contribution in [-0.4, -0.2) is 74.3 Å². The van der Waals surface area contributed by atoms with Crippen molar-refractivity contribution in [3.63, 3.8) is 0 Å². The van der Waals surface area contributed by atoms with E-state index >= 15 is 0 Å². The van der Waals surface area contributed by atoms with Gasteiger partial charge >= 0.3 is 0 Å². The van der Waals surface area contributed by atoms with Crippen LogP contribution in [0.5, 0.6) is 0 Å². The predicted octanol–water partition coefficient (Wildman–Crippen LogP) is 2.49. The molecule has 0 bridgehead atoms. The molecule has 0 aliphatic carbocycles. The van der Waals surface area contributed by atoms with Crippen LogP contribution in [0, 0.1) is 0 Å². The van der Waals surface area contributed by atoms with Crippen LogP contribution in [0.4, 0.5) is 17.5 Å². The second-order valence-corrected chi connectivity index (χ2v) is 9.42. The van der Waals surface area contributed by atoms with Gasteiger partial charge in [0.1, 0.15) is 11.4 Å². The first-order chi connectivity index (χ1) is 18.3. The van der Waals surface area contributed by atoms with Gasteiger partial charge in [0.25, 0.3) is 11.5 Å². The van der Waals surface area contributed by atoms with Gasteiger partial charge in [0.15, 0.2) is 5.82 Å². The number of rotatable bonds is 5. The monoisotopic (exact) mass is 521 g/mol. The summed E-state index contributed by atoms with van der Waals surface area (Å²) in [5, 5.41) is 13.3. The minimum absolute atomic E-state index is 0.237. The van der Waals surface area contributed by atoms with Crippen molar-refractivity contribution in [1.29, 1.82) is 0 Å². The maximum Gasteiger partial charge on any atom is 0.254 e. The van der Waals surface area contributed by atoms with Crippen molar-refractivity contribution in [3.8, 4) is 11.4 Å². The third-order valence-electron chi connectivity index (χ3n) is 6.24. The highest BCUT2D eigenvalue weighted by Crippen LogP contribution is 2.31. The van der Waals surface area contributed by atoms with Crippen LogP contribution >= 0.6 is 0 Å². The number of aromatic nitrogens is 4. The molecule has 0 saturated carbocycles. The van der Waals surface area contributed by atoms with Gasteiger partial charge in [-0.15, -0.1) is 0 Å². The number of anilines is 3. The number of morpholine rings is 1. The minimum Gasteiger partial charge on any atom is -0.381 e. The number of carbonyl (C=O) groups excluding carboxylic acids is 1. The summed E-state index contributed by atoms with van der Waals surface area (Å²) in [5.41, 5.74) is 1.72. The fourth-order valence-corrected chi connectivity index (χ4v) is 4.41. The van der Waals surface area contributed by atoms with Crippen LogP contribution in [0.2, 0.25) is 0 Å². The second-order valence-electron chi connectivity index (χ2n) is 9.42. The molecule has 0 atom stereocenters. The molecule has 0 unspecified atom stereocenters. The molecule has 0 radical (unpaired) electrons. The van der Waals surface area contributed by atoms with Crippen molar-refractivity contribution < 1.29 is 14.6 Å². The first kappa shape index (κ1) is 27.2. The predicted molar refractivity (Wildman–Crippen MR) is 145 cm³/mol. The summed E-state index contributed by atoms with van der Waals surface area (Å²) in [5.74, 6) is 1.48. The van der Waals surface area contributed by atoms with Crippen molar-refractivity contribution in [2.24, 2.45) is 0 Å². The molecule has 38 heavy (non-hydrogen) atoms. The van der Waals surface area contributed by atoms with E-state index in [2.05, 4.69) is 20.2 Å². The molecule has 2 aromatic heterocycles. The molecule has 1 amide bonds. The smallest absolute Gasteiger partial charge is 0.254 e. The average molecular weight is 522 g/mol. The fraction of sp³-hybridized carbons (Fsp3) is 0.444. The summed E-state index contributed by atoms with van der Waals surface area (Å²) >= 11 is 0. The van der Waals surface area contributed by atoms with E-state index in [9.17, 15) is 14.7 Å². The maximum absolute atomic E-state index is 12.8. The van der Waals surface area contributed by atoms with Crippen molar-refractivity contribution >= 4 is 23.4 Å². The highest BCUT2D eigenvalue weighted by molar-refractivity contribution is 5.84. The van der Waals surface area contributed by atoms with Crippen LogP contribution < -0.4 is 15.8 Å². The van der Waals surface area contributed by atoms with Crippen LogP contribution in [-0.2, 0) is 22.5 Å². The molecule has 3 N–H and O–H groups in total. The number of hydrogen-bond donors (Lipinski definition) is 3. The third-order valence-corrected chi connectivity index (χ3v) is 6.24. The molecular formula is C27H35N7O4. The van der Waals surface area contributed by atoms with Gasteiger partial charge in [0.2, 0.25) is 5.95 Å². The Morgan fingerprint density at radius 1 is 1.08 bits per heavy atom. The van der Waals surface area contributed by atoms with E-state index in [0.29, 0.717) is 44.5 Å². The lowest BCUT2D eigenvalue weighted by atomic mass is 10.0. The van der Waals surface area contributed by atoms with Gasteiger partial charge in [-0.1, -0.05) is 13.8 Å². The average Bonchev–Trinajstić information content (AvgIpc) is 2.93. The van der Waals surface area contributed by atoms with E-state index in [1.165, 1.54) is 26.1 Å². The Morgan fingerprint density at radius 3 is 2.45 bits per heavy atom. The fourth-order valence-electron chi connectivity index (χ4n) is 4.41. The summed E-state index contributed by atoms with van der Waals surface area (Å²) in [6.07, 6.45) is 2.06. The largest absolute Gasteiger partial charge is 0.381 e. The molecule has 5 rings (SSSR count). The first-order valence-corrected chi connectivity index (χ1v) is 12.9. The zero-order valence-corrected chi connectivity index (χ0v) is 22.3. The van der Waals surface area contributed by atoms with Crippen LogP contribution in [0.15, 0.2) is 41.3 Å². The van der Waals surface area contributed by atoms with Gasteiger partial charge < -0.3 is 25.0 Å². The van der Waals surface area contributed by atoms with Gasteiger partial charge in [0, 0.05) is 48.7 Å². The van der Waals surface area contributed by atoms with E-state index < -0.39 is 5.60 Å². The standard InChI is InChI=1S/C25H29N7O4.C2H6/c1-25(2,35)23(34)32-10-8-18-19(15-32)28-21(30-22(18)31-11-13-36-14-12-31)16-3-5-17(6-4-16)27-24-26-9-7-20(33)29-24;1-2/h3-7,9,35H,8,10-15H2,1-2H3,(H2,26,27,29,33);1-2H3. The number of nitrogens with one attached hydrogen (secondary N) is 2. The Morgan fingerprint density at radius 2 is 1.79 bits per heavy atom. The molecule has 0 spiro atoms. The van der Waals surface area contributed by atoms with E-state index in [4.69, 9.17) is 14.7 Å². The zero-order chi connectivity index (χ0) is 27.3. The Balaban J connectivity index is 0.00000164. The Kier molecular flexibility index (Phi) is 8.38. The number of fused-ring (bicyclic) bond motifs is 1. The van der Waals surface area contributed by atoms with Crippen molar-refractivity contribution in [1.82, 2.24) is 24.8 Å². The Bertz CT molecular complexity index is 1310. The molecule has 11 heteroatoms. The van der Waals surface area contributed by atoms with Gasteiger partial charge in [-0.05, 0) is 44.5 Å². The van der Waals surface area contributed by atoms with E-state index in [1.54, 1.807) is 4.90 Å². The molecule has 1 saturated heterocycles. The number of benzene rings is 1. The molecule has 1 fully saturated rings. The van der Waals surface area contributed by atoms with Gasteiger partial charge in [0.05, 0.1) is 25.5 Å². The molecule has 1 aromatic carbocycles. The van der Waals surface area contributed by atoms with Crippen LogP contribution in [0.3, 0.4) is 0 Å². The van der Waals surface area contributed by atoms with E-state index in [-0.39, 0.29) is 11.5 Å². The highest BCUT2D eigenvalue weighted by atomic mass is 16.5. The summed E-state index contributed by atoms with van der Waals surface area (Å²) in [7, 11) is 0. The summed E-state index contributed by atoms with van der Waals surface area (Å²) < 4.78 is 5.54. The molecule has 3 aromatic rings. The lowest BCUT2D eigenvalue weighted by Crippen LogP contribution is -2.47. The quantitative estimate of drug-likeness (QED) is 0.462. The van der Waals surface area contributed by atoms with Crippen LogP contribution in [0.25, 0.3) is 11.4 Å². The van der Waals surface area contributed by atoms with E-state index in [0.717, 1.165) is 41.4 Å². The topological polar surface area (TPSA) is 137 Å². The van der Waals surface area contributed by atoms with Gasteiger partial charge in [-0.2, -0.15) is 0 Å². The molecule has 2 aliphatic heterocycles. The van der Waals surface area contributed by atoms with E-state index in [1.807, 2.05) is 38.1 Å². The zero-order valence-electron chi connectivity index (χ0n) is 22.3. The third kappa shape index (κ3) is 6.17. The number of aliphatic hydroxyl groups is 1. The summed E-state index contributed by atoms with van der Waals surface area (Å²) in [4.78, 5) is 44.7. The number of ether oxygens (including phenoxy) is 1. The normalized spacial score (nSPS) is 15.3. The molecule has 202 valence electrons. The number of H-pyrrole nitrogens is 1. The first-order valence-electron chi connectivity index (χ1n) is 12.9. The number of nitrogens with zero attached hydrogens (tertiary/aromatic N) is 5. The number of amides is 1. The summed E-state index contributed by atoms with van der Waals surface area (Å²) in [6, 6.07) is 8.88. The van der Waals surface area contributed by atoms with Crippen LogP contribution in [0.1, 0.15) is 39.0 Å². The Hall–Kier alpha value is -3.83. The SMILES string of the molecule is CC.CC(C)(O)C(=O)N1CCc2c(nc(-c3ccc(Nc4nccc(=O)[nH]4)cc3)nc2N2CCOCC2)C1. The molecule has 4 heterocycles. The van der Waals surface area contributed by atoms with Gasteiger partial charge in [-0.25, -0.2) is 15.0 Å². The van der Waals surface area contributed by atoms with Gasteiger partial charge in [-0.3, -0.25) is 14.6 Å². The summed E-state index contributed by atoms with van der Waals surface area (Å²) in [6.45, 7) is 10.6. The number of carbonyl (C=O) groups is 1.